The molecule has 3 heterocycles. The maximum absolute atomic E-state index is 13.4. The number of aryl methyl sites for hydroxylation is 1. The lowest BCUT2D eigenvalue weighted by Gasteiger charge is -2.39. The van der Waals surface area contributed by atoms with E-state index in [1.54, 1.807) is 18.5 Å². The molecular weight excluding hydrogens is 344 g/mol. The van der Waals surface area contributed by atoms with Crippen molar-refractivity contribution in [3.05, 3.63) is 29.0 Å². The van der Waals surface area contributed by atoms with Crippen LogP contribution in [0.5, 0.6) is 0 Å². The van der Waals surface area contributed by atoms with Gasteiger partial charge >= 0.3 is 0 Å². The highest BCUT2D eigenvalue weighted by Crippen LogP contribution is 2.53. The molecule has 0 aromatic carbocycles. The van der Waals surface area contributed by atoms with Gasteiger partial charge in [-0.25, -0.2) is 15.0 Å². The summed E-state index contributed by atoms with van der Waals surface area (Å²) >= 11 is 1.44. The molecule has 1 amide bonds. The van der Waals surface area contributed by atoms with E-state index in [0.717, 1.165) is 41.4 Å². The molecule has 1 saturated heterocycles. The molecule has 2 aromatic heterocycles. The van der Waals surface area contributed by atoms with Crippen molar-refractivity contribution in [3.8, 4) is 10.8 Å². The van der Waals surface area contributed by atoms with E-state index in [9.17, 15) is 4.79 Å². The Morgan fingerprint density at radius 2 is 2.00 bits per heavy atom. The number of hydrogen-bond acceptors (Lipinski definition) is 5. The van der Waals surface area contributed by atoms with Crippen molar-refractivity contribution in [2.75, 3.05) is 6.54 Å². The van der Waals surface area contributed by atoms with Crippen molar-refractivity contribution in [2.24, 2.45) is 10.8 Å². The second-order valence-corrected chi connectivity index (χ2v) is 9.87. The van der Waals surface area contributed by atoms with Crippen molar-refractivity contribution in [1.29, 1.82) is 0 Å². The Hall–Kier alpha value is -1.82. The number of amides is 1. The van der Waals surface area contributed by atoms with Gasteiger partial charge in [-0.05, 0) is 42.6 Å². The molecule has 138 valence electrons. The summed E-state index contributed by atoms with van der Waals surface area (Å²) in [7, 11) is 0. The average molecular weight is 371 g/mol. The number of nitrogens with zero attached hydrogens (tertiary/aromatic N) is 4. The summed E-state index contributed by atoms with van der Waals surface area (Å²) in [5, 5.41) is 0.736. The van der Waals surface area contributed by atoms with Gasteiger partial charge in [0.05, 0.1) is 5.69 Å². The first-order valence-corrected chi connectivity index (χ1v) is 10.2. The van der Waals surface area contributed by atoms with Gasteiger partial charge in [0.2, 0.25) is 0 Å². The highest BCUT2D eigenvalue weighted by molar-refractivity contribution is 7.17. The Labute approximate surface area is 158 Å². The van der Waals surface area contributed by atoms with Gasteiger partial charge in [0, 0.05) is 25.0 Å². The third-order valence-electron chi connectivity index (χ3n) is 5.66. The average Bonchev–Trinajstić information content (AvgIpc) is 3.12. The van der Waals surface area contributed by atoms with Gasteiger partial charge in [0.25, 0.3) is 5.91 Å². The molecule has 2 aromatic rings. The van der Waals surface area contributed by atoms with Gasteiger partial charge in [-0.2, -0.15) is 0 Å². The number of likely N-dealkylation sites (tertiary alicyclic amines) is 1. The maximum Gasteiger partial charge on any atom is 0.266 e. The molecule has 1 aliphatic heterocycles. The van der Waals surface area contributed by atoms with Crippen molar-refractivity contribution in [3.63, 3.8) is 0 Å². The van der Waals surface area contributed by atoms with Crippen molar-refractivity contribution < 1.29 is 4.79 Å². The zero-order chi connectivity index (χ0) is 18.5. The van der Waals surface area contributed by atoms with Crippen LogP contribution in [0, 0.1) is 10.8 Å². The second-order valence-electron chi connectivity index (χ2n) is 8.87. The number of thiazole rings is 1. The minimum absolute atomic E-state index is 0.146. The van der Waals surface area contributed by atoms with Crippen molar-refractivity contribution in [2.45, 2.75) is 59.4 Å². The van der Waals surface area contributed by atoms with Gasteiger partial charge in [-0.15, -0.1) is 11.3 Å². The topological polar surface area (TPSA) is 59.0 Å². The predicted molar refractivity (Wildman–Crippen MR) is 103 cm³/mol. The van der Waals surface area contributed by atoms with E-state index in [0.29, 0.717) is 17.3 Å². The van der Waals surface area contributed by atoms with Crippen LogP contribution in [0.25, 0.3) is 10.8 Å². The van der Waals surface area contributed by atoms with Gasteiger partial charge in [-0.3, -0.25) is 4.79 Å². The third kappa shape index (κ3) is 3.04. The third-order valence-corrected chi connectivity index (χ3v) is 6.74. The monoisotopic (exact) mass is 370 g/mol. The standard InChI is InChI=1S/C20H26N4OS/c1-5-14-15(26-17(23-14)16-21-7-6-8-22-16)18(25)24-12-20(4)10-13(24)9-19(2,3)11-20/h6-8,13H,5,9-12H2,1-4H3/t13-,20-/m1/s1. The molecule has 2 aliphatic rings. The van der Waals surface area contributed by atoms with Gasteiger partial charge in [0.1, 0.15) is 4.88 Å². The second kappa shape index (κ2) is 6.12. The van der Waals surface area contributed by atoms with E-state index in [-0.39, 0.29) is 11.3 Å². The fraction of sp³-hybridized carbons (Fsp3) is 0.600. The van der Waals surface area contributed by atoms with Crippen LogP contribution in [0.4, 0.5) is 0 Å². The molecule has 2 fully saturated rings. The van der Waals surface area contributed by atoms with Crippen LogP contribution in [0.1, 0.15) is 62.3 Å². The van der Waals surface area contributed by atoms with E-state index in [1.165, 1.54) is 17.8 Å². The van der Waals surface area contributed by atoms with Crippen LogP contribution in [0.15, 0.2) is 18.5 Å². The van der Waals surface area contributed by atoms with E-state index in [1.807, 2.05) is 6.92 Å². The number of rotatable bonds is 3. The number of carbonyl (C=O) groups excluding carboxylic acids is 1. The number of hydrogen-bond donors (Lipinski definition) is 0. The zero-order valence-electron chi connectivity index (χ0n) is 16.0. The summed E-state index contributed by atoms with van der Waals surface area (Å²) < 4.78 is 0. The minimum Gasteiger partial charge on any atom is -0.334 e. The molecule has 1 saturated carbocycles. The highest BCUT2D eigenvalue weighted by Gasteiger charge is 2.51. The van der Waals surface area contributed by atoms with Crippen LogP contribution in [-0.4, -0.2) is 38.3 Å². The number of fused-ring (bicyclic) bond motifs is 2. The lowest BCUT2D eigenvalue weighted by atomic mass is 9.65. The van der Waals surface area contributed by atoms with Gasteiger partial charge in [-0.1, -0.05) is 27.7 Å². The molecule has 26 heavy (non-hydrogen) atoms. The van der Waals surface area contributed by atoms with Gasteiger partial charge in [0.15, 0.2) is 10.8 Å². The van der Waals surface area contributed by atoms with Crippen LogP contribution in [0.2, 0.25) is 0 Å². The van der Waals surface area contributed by atoms with E-state index < -0.39 is 0 Å². The lowest BCUT2D eigenvalue weighted by molar-refractivity contribution is 0.0712. The van der Waals surface area contributed by atoms with Crippen molar-refractivity contribution >= 4 is 17.2 Å². The molecule has 2 atom stereocenters. The molecule has 4 rings (SSSR count). The molecule has 2 bridgehead atoms. The fourth-order valence-electron chi connectivity index (χ4n) is 5.09. The predicted octanol–water partition coefficient (Wildman–Crippen LogP) is 4.20. The number of carbonyl (C=O) groups is 1. The Balaban J connectivity index is 1.66. The SMILES string of the molecule is CCc1nc(-c2ncccn2)sc1C(=O)N1C[C@]2(C)C[C@H]1CC(C)(C)C2. The summed E-state index contributed by atoms with van der Waals surface area (Å²) in [6.07, 6.45) is 7.56. The van der Waals surface area contributed by atoms with E-state index >= 15 is 0 Å². The first-order valence-electron chi connectivity index (χ1n) is 9.38. The number of aromatic nitrogens is 3. The summed E-state index contributed by atoms with van der Waals surface area (Å²) in [5.41, 5.74) is 1.41. The summed E-state index contributed by atoms with van der Waals surface area (Å²) in [6.45, 7) is 9.91. The van der Waals surface area contributed by atoms with E-state index in [2.05, 4.69) is 40.6 Å². The fourth-order valence-corrected chi connectivity index (χ4v) is 6.15. The molecule has 0 radical (unpaired) electrons. The highest BCUT2D eigenvalue weighted by atomic mass is 32.1. The molecule has 1 aliphatic carbocycles. The quantitative estimate of drug-likeness (QED) is 0.812. The normalized spacial score (nSPS) is 26.9. The van der Waals surface area contributed by atoms with Crippen molar-refractivity contribution in [1.82, 2.24) is 19.9 Å². The summed E-state index contributed by atoms with van der Waals surface area (Å²) in [5.74, 6) is 0.743. The summed E-state index contributed by atoms with van der Waals surface area (Å²) in [4.78, 5) is 29.6. The Morgan fingerprint density at radius 3 is 2.69 bits per heavy atom. The van der Waals surface area contributed by atoms with Crippen LogP contribution in [-0.2, 0) is 6.42 Å². The molecule has 0 spiro atoms. The maximum atomic E-state index is 13.4. The molecule has 5 nitrogen and oxygen atoms in total. The van der Waals surface area contributed by atoms with Crippen LogP contribution >= 0.6 is 11.3 Å². The van der Waals surface area contributed by atoms with E-state index in [4.69, 9.17) is 0 Å². The Morgan fingerprint density at radius 1 is 1.27 bits per heavy atom. The van der Waals surface area contributed by atoms with Crippen LogP contribution in [0.3, 0.4) is 0 Å². The van der Waals surface area contributed by atoms with Crippen LogP contribution < -0.4 is 0 Å². The largest absolute Gasteiger partial charge is 0.334 e. The lowest BCUT2D eigenvalue weighted by Crippen LogP contribution is -2.37. The first kappa shape index (κ1) is 17.6. The minimum atomic E-state index is 0.146. The Bertz CT molecular complexity index is 832. The van der Waals surface area contributed by atoms with Gasteiger partial charge < -0.3 is 4.90 Å². The molecule has 0 unspecified atom stereocenters. The summed E-state index contributed by atoms with van der Waals surface area (Å²) in [6, 6.07) is 2.14. The molecule has 0 N–H and O–H groups in total. The molecule has 6 heteroatoms. The zero-order valence-corrected chi connectivity index (χ0v) is 16.8. The molecular formula is C20H26N4OS. The first-order chi connectivity index (χ1) is 12.3. The smallest absolute Gasteiger partial charge is 0.266 e. The Kier molecular flexibility index (Phi) is 4.14.